The predicted molar refractivity (Wildman–Crippen MR) is 51.9 cm³/mol. The Hall–Kier alpha value is -0.760. The zero-order valence-electron chi connectivity index (χ0n) is 7.89. The summed E-state index contributed by atoms with van der Waals surface area (Å²) in [5.41, 5.74) is 0.904. The highest BCUT2D eigenvalue weighted by Gasteiger charge is 1.98. The van der Waals surface area contributed by atoms with Gasteiger partial charge in [-0.2, -0.15) is 0 Å². The van der Waals surface area contributed by atoms with E-state index >= 15 is 0 Å². The van der Waals surface area contributed by atoms with Crippen molar-refractivity contribution in [3.63, 3.8) is 0 Å². The number of nitrogens with zero attached hydrogens (tertiary/aromatic N) is 1. The Kier molecular flexibility index (Phi) is 5.47. The second-order valence-corrected chi connectivity index (χ2v) is 2.37. The molecule has 0 aromatic carbocycles. The van der Waals surface area contributed by atoms with Gasteiger partial charge in [0, 0.05) is 18.0 Å². The molecule has 1 heterocycles. The molecule has 0 aliphatic carbocycles. The molecular weight excluding hydrogens is 174 g/mol. The molecule has 0 saturated heterocycles. The van der Waals surface area contributed by atoms with E-state index in [-0.39, 0.29) is 0 Å². The van der Waals surface area contributed by atoms with Crippen LogP contribution < -0.4 is 4.74 Å². The zero-order valence-corrected chi connectivity index (χ0v) is 8.64. The first-order valence-electron chi connectivity index (χ1n) is 3.90. The third kappa shape index (κ3) is 3.09. The van der Waals surface area contributed by atoms with Crippen LogP contribution in [-0.2, 0) is 0 Å². The molecule has 1 rings (SSSR count). The van der Waals surface area contributed by atoms with E-state index in [2.05, 4.69) is 4.98 Å². The number of ether oxygens (including phenoxy) is 1. The number of methoxy groups -OCH3 is 1. The maximum absolute atomic E-state index is 5.71. The summed E-state index contributed by atoms with van der Waals surface area (Å²) in [5.74, 6) is 0.675. The van der Waals surface area contributed by atoms with E-state index in [0.717, 1.165) is 5.69 Å². The van der Waals surface area contributed by atoms with Gasteiger partial charge in [0.25, 0.3) is 0 Å². The third-order valence-corrected chi connectivity index (χ3v) is 1.46. The number of rotatable bonds is 1. The van der Waals surface area contributed by atoms with Gasteiger partial charge in [-0.1, -0.05) is 25.4 Å². The number of pyridine rings is 1. The molecule has 0 radical (unpaired) electrons. The zero-order chi connectivity index (χ0) is 9.56. The smallest absolute Gasteiger partial charge is 0.140 e. The molecule has 1 aromatic rings. The van der Waals surface area contributed by atoms with Crippen LogP contribution in [0.15, 0.2) is 12.3 Å². The number of hydrogen-bond acceptors (Lipinski definition) is 2. The van der Waals surface area contributed by atoms with Gasteiger partial charge in [0.2, 0.25) is 0 Å². The first-order chi connectivity index (χ1) is 5.74. The molecule has 2 nitrogen and oxygen atoms in total. The molecule has 0 atom stereocenters. The van der Waals surface area contributed by atoms with Crippen LogP contribution in [0.4, 0.5) is 0 Å². The monoisotopic (exact) mass is 187 g/mol. The largest absolute Gasteiger partial charge is 0.495 e. The Morgan fingerprint density at radius 2 is 2.00 bits per heavy atom. The van der Waals surface area contributed by atoms with Gasteiger partial charge in [-0.15, -0.1) is 0 Å². The molecule has 1 aromatic heterocycles. The van der Waals surface area contributed by atoms with Gasteiger partial charge in [-0.05, 0) is 6.92 Å². The first-order valence-corrected chi connectivity index (χ1v) is 4.28. The Balaban J connectivity index is 0.000000561. The standard InChI is InChI=1S/C7H8ClNO.C2H6/c1-5-3-7(10-2)6(8)4-9-5;1-2/h3-4H,1-2H3;1-2H3. The summed E-state index contributed by atoms with van der Waals surface area (Å²) in [6.45, 7) is 5.89. The molecule has 0 spiro atoms. The topological polar surface area (TPSA) is 22.1 Å². The molecule has 0 unspecified atom stereocenters. The maximum Gasteiger partial charge on any atom is 0.140 e. The van der Waals surface area contributed by atoms with E-state index in [4.69, 9.17) is 16.3 Å². The van der Waals surface area contributed by atoms with Crippen LogP contribution in [-0.4, -0.2) is 12.1 Å². The Morgan fingerprint density at radius 3 is 2.42 bits per heavy atom. The molecule has 68 valence electrons. The van der Waals surface area contributed by atoms with Crippen LogP contribution in [0, 0.1) is 6.92 Å². The summed E-state index contributed by atoms with van der Waals surface area (Å²) in [4.78, 5) is 3.98. The molecule has 0 aliphatic rings. The lowest BCUT2D eigenvalue weighted by Gasteiger charge is -2.01. The Bertz CT molecular complexity index is 238. The Labute approximate surface area is 78.5 Å². The number of aryl methyl sites for hydroxylation is 1. The van der Waals surface area contributed by atoms with Crippen molar-refractivity contribution in [1.82, 2.24) is 4.98 Å². The second kappa shape index (κ2) is 5.84. The van der Waals surface area contributed by atoms with E-state index in [9.17, 15) is 0 Å². The second-order valence-electron chi connectivity index (χ2n) is 1.96. The lowest BCUT2D eigenvalue weighted by atomic mass is 10.3. The van der Waals surface area contributed by atoms with Crippen LogP contribution in [0.25, 0.3) is 0 Å². The third-order valence-electron chi connectivity index (χ3n) is 1.18. The van der Waals surface area contributed by atoms with Crippen molar-refractivity contribution in [1.29, 1.82) is 0 Å². The molecule has 0 bridgehead atoms. The average Bonchev–Trinajstić information content (AvgIpc) is 2.13. The highest BCUT2D eigenvalue weighted by molar-refractivity contribution is 6.31. The van der Waals surface area contributed by atoms with Gasteiger partial charge in [-0.3, -0.25) is 4.98 Å². The Morgan fingerprint density at radius 1 is 1.42 bits per heavy atom. The van der Waals surface area contributed by atoms with E-state index in [1.165, 1.54) is 0 Å². The van der Waals surface area contributed by atoms with Crippen molar-refractivity contribution in [2.75, 3.05) is 7.11 Å². The molecule has 0 aliphatic heterocycles. The number of aromatic nitrogens is 1. The normalized spacial score (nSPS) is 8.42. The summed E-state index contributed by atoms with van der Waals surface area (Å²) in [7, 11) is 1.58. The van der Waals surface area contributed by atoms with Gasteiger partial charge in [-0.25, -0.2) is 0 Å². The van der Waals surface area contributed by atoms with Crippen molar-refractivity contribution < 1.29 is 4.74 Å². The average molecular weight is 188 g/mol. The van der Waals surface area contributed by atoms with Crippen molar-refractivity contribution in [2.45, 2.75) is 20.8 Å². The fraction of sp³-hybridized carbons (Fsp3) is 0.444. The summed E-state index contributed by atoms with van der Waals surface area (Å²) in [6.07, 6.45) is 1.58. The summed E-state index contributed by atoms with van der Waals surface area (Å²) in [6, 6.07) is 1.79. The van der Waals surface area contributed by atoms with Crippen LogP contribution in [0.5, 0.6) is 5.75 Å². The minimum Gasteiger partial charge on any atom is -0.495 e. The van der Waals surface area contributed by atoms with E-state index in [1.807, 2.05) is 20.8 Å². The van der Waals surface area contributed by atoms with Gasteiger partial charge >= 0.3 is 0 Å². The minimum absolute atomic E-state index is 0.549. The van der Waals surface area contributed by atoms with Crippen molar-refractivity contribution in [3.05, 3.63) is 23.0 Å². The number of hydrogen-bond donors (Lipinski definition) is 0. The molecule has 0 amide bonds. The van der Waals surface area contributed by atoms with Crippen LogP contribution in [0.1, 0.15) is 19.5 Å². The lowest BCUT2D eigenvalue weighted by molar-refractivity contribution is 0.414. The van der Waals surface area contributed by atoms with Gasteiger partial charge in [0.15, 0.2) is 0 Å². The quantitative estimate of drug-likeness (QED) is 0.674. The SMILES string of the molecule is CC.COc1cc(C)ncc1Cl. The maximum atomic E-state index is 5.71. The van der Waals surface area contributed by atoms with E-state index in [0.29, 0.717) is 10.8 Å². The van der Waals surface area contributed by atoms with E-state index < -0.39 is 0 Å². The van der Waals surface area contributed by atoms with Crippen LogP contribution in [0.2, 0.25) is 5.02 Å². The number of halogens is 1. The van der Waals surface area contributed by atoms with Crippen LogP contribution in [0.3, 0.4) is 0 Å². The summed E-state index contributed by atoms with van der Waals surface area (Å²) in [5, 5.41) is 0.549. The molecule has 0 N–H and O–H groups in total. The summed E-state index contributed by atoms with van der Waals surface area (Å²) >= 11 is 5.71. The predicted octanol–water partition coefficient (Wildman–Crippen LogP) is 3.08. The fourth-order valence-corrected chi connectivity index (χ4v) is 0.855. The first kappa shape index (κ1) is 11.2. The molecular formula is C9H14ClNO. The van der Waals surface area contributed by atoms with Gasteiger partial charge in [0.1, 0.15) is 10.8 Å². The minimum atomic E-state index is 0.549. The van der Waals surface area contributed by atoms with Crippen LogP contribution >= 0.6 is 11.6 Å². The van der Waals surface area contributed by atoms with Crippen molar-refractivity contribution in [3.8, 4) is 5.75 Å². The van der Waals surface area contributed by atoms with E-state index in [1.54, 1.807) is 19.4 Å². The summed E-state index contributed by atoms with van der Waals surface area (Å²) < 4.78 is 4.95. The molecule has 0 fully saturated rings. The molecule has 3 heteroatoms. The van der Waals surface area contributed by atoms with Gasteiger partial charge in [0.05, 0.1) is 7.11 Å². The highest BCUT2D eigenvalue weighted by Crippen LogP contribution is 2.22. The van der Waals surface area contributed by atoms with Gasteiger partial charge < -0.3 is 4.74 Å². The van der Waals surface area contributed by atoms with Crippen molar-refractivity contribution >= 4 is 11.6 Å². The van der Waals surface area contributed by atoms with Crippen molar-refractivity contribution in [2.24, 2.45) is 0 Å². The lowest BCUT2D eigenvalue weighted by Crippen LogP contribution is -1.86. The highest BCUT2D eigenvalue weighted by atomic mass is 35.5. The molecule has 0 saturated carbocycles. The fourth-order valence-electron chi connectivity index (χ4n) is 0.674. The molecule has 12 heavy (non-hydrogen) atoms.